The van der Waals surface area contributed by atoms with Crippen LogP contribution in [0.25, 0.3) is 0 Å². The number of nitrogens with one attached hydrogen (secondary N) is 1. The highest BCUT2D eigenvalue weighted by Gasteiger charge is 2.31. The first-order chi connectivity index (χ1) is 19.7. The van der Waals surface area contributed by atoms with E-state index in [2.05, 4.69) is 5.32 Å². The number of carbonyl (C=O) groups excluding carboxylic acids is 5. The van der Waals surface area contributed by atoms with Gasteiger partial charge in [0.05, 0.1) is 31.3 Å². The Morgan fingerprint density at radius 2 is 2.00 bits per heavy atom. The average molecular weight is 571 g/mol. The van der Waals surface area contributed by atoms with Gasteiger partial charge in [0.15, 0.2) is 0 Å². The van der Waals surface area contributed by atoms with Crippen LogP contribution in [-0.2, 0) is 33.6 Å². The van der Waals surface area contributed by atoms with Crippen molar-refractivity contribution in [1.29, 1.82) is 5.26 Å². The second kappa shape index (κ2) is 16.8. The molecule has 0 saturated carbocycles. The summed E-state index contributed by atoms with van der Waals surface area (Å²) in [4.78, 5) is 73.8. The van der Waals surface area contributed by atoms with Gasteiger partial charge in [-0.05, 0) is 44.3 Å². The number of aliphatic hydroxyl groups excluding tert-OH is 1. The van der Waals surface area contributed by atoms with Crippen molar-refractivity contribution < 1.29 is 38.8 Å². The predicted octanol–water partition coefficient (Wildman–Crippen LogP) is 2.33. The smallest absolute Gasteiger partial charge is 0.363 e. The molecular formula is C29H38N4O8. The minimum atomic E-state index is -0.925. The van der Waals surface area contributed by atoms with Gasteiger partial charge in [-0.2, -0.15) is 15.4 Å². The fraction of sp³-hybridized carbons (Fsp3) is 0.517. The van der Waals surface area contributed by atoms with Crippen LogP contribution >= 0.6 is 0 Å². The number of hydrogen-bond donors (Lipinski definition) is 2. The standard InChI is InChI=1S/C29H38N4O8/c1-4-9-20(11-8-14-34)15-23(19-30)27(37)31-24-17-21(28(38)40-32(6-3)25(35)10-5-2)16-22(18-24)29(39)41-33-13-7-12-26(33)36/h8,11,15-17,20,24,34H,4-7,9-10,12-14,18H2,1-3H3,(H,31,37). The van der Waals surface area contributed by atoms with E-state index in [1.165, 1.54) is 24.3 Å². The second-order valence-electron chi connectivity index (χ2n) is 9.53. The Balaban J connectivity index is 2.32. The maximum absolute atomic E-state index is 13.1. The van der Waals surface area contributed by atoms with Crippen molar-refractivity contribution in [3.05, 3.63) is 47.1 Å². The molecule has 1 aliphatic carbocycles. The Labute approximate surface area is 239 Å². The van der Waals surface area contributed by atoms with Gasteiger partial charge in [0.25, 0.3) is 17.7 Å². The molecular weight excluding hydrogens is 532 g/mol. The van der Waals surface area contributed by atoms with Gasteiger partial charge < -0.3 is 20.1 Å². The zero-order valence-corrected chi connectivity index (χ0v) is 23.8. The zero-order chi connectivity index (χ0) is 30.4. The highest BCUT2D eigenvalue weighted by molar-refractivity contribution is 6.00. The van der Waals surface area contributed by atoms with E-state index in [0.29, 0.717) is 19.3 Å². The van der Waals surface area contributed by atoms with Gasteiger partial charge in [-0.15, -0.1) is 0 Å². The third kappa shape index (κ3) is 10.0. The van der Waals surface area contributed by atoms with E-state index < -0.39 is 23.9 Å². The first-order valence-electron chi connectivity index (χ1n) is 13.8. The molecule has 0 bridgehead atoms. The summed E-state index contributed by atoms with van der Waals surface area (Å²) in [5, 5.41) is 23.3. The van der Waals surface area contributed by atoms with Crippen molar-refractivity contribution in [1.82, 2.24) is 15.4 Å². The molecule has 2 unspecified atom stereocenters. The van der Waals surface area contributed by atoms with Crippen LogP contribution in [0.5, 0.6) is 0 Å². The molecule has 1 heterocycles. The van der Waals surface area contributed by atoms with Crippen molar-refractivity contribution in [2.24, 2.45) is 5.92 Å². The summed E-state index contributed by atoms with van der Waals surface area (Å²) in [6, 6.07) is 0.968. The normalized spacial score (nSPS) is 17.8. The lowest BCUT2D eigenvalue weighted by molar-refractivity contribution is -0.193. The van der Waals surface area contributed by atoms with Gasteiger partial charge in [-0.25, -0.2) is 9.59 Å². The number of aliphatic hydroxyl groups is 1. The van der Waals surface area contributed by atoms with Crippen LogP contribution in [0.4, 0.5) is 0 Å². The lowest BCUT2D eigenvalue weighted by Gasteiger charge is -2.24. The predicted molar refractivity (Wildman–Crippen MR) is 146 cm³/mol. The fourth-order valence-electron chi connectivity index (χ4n) is 4.26. The molecule has 0 aromatic carbocycles. The summed E-state index contributed by atoms with van der Waals surface area (Å²) in [6.45, 7) is 5.57. The summed E-state index contributed by atoms with van der Waals surface area (Å²) in [5.41, 5.74) is -0.293. The number of nitrogens with zero attached hydrogens (tertiary/aromatic N) is 3. The van der Waals surface area contributed by atoms with Crippen LogP contribution < -0.4 is 5.32 Å². The molecule has 12 nitrogen and oxygen atoms in total. The maximum atomic E-state index is 13.1. The molecule has 0 aromatic heterocycles. The number of carbonyl (C=O) groups is 5. The van der Waals surface area contributed by atoms with Crippen LogP contribution in [0.1, 0.15) is 65.7 Å². The van der Waals surface area contributed by atoms with Crippen molar-refractivity contribution in [2.75, 3.05) is 19.7 Å². The van der Waals surface area contributed by atoms with E-state index in [4.69, 9.17) is 14.8 Å². The summed E-state index contributed by atoms with van der Waals surface area (Å²) in [5.74, 6) is -3.52. The largest absolute Gasteiger partial charge is 0.392 e. The Kier molecular flexibility index (Phi) is 13.5. The highest BCUT2D eigenvalue weighted by Crippen LogP contribution is 2.23. The van der Waals surface area contributed by atoms with Crippen LogP contribution in [-0.4, -0.2) is 70.6 Å². The lowest BCUT2D eigenvalue weighted by atomic mass is 9.94. The van der Waals surface area contributed by atoms with E-state index in [-0.39, 0.29) is 73.4 Å². The summed E-state index contributed by atoms with van der Waals surface area (Å²) in [7, 11) is 0. The molecule has 1 fully saturated rings. The third-order valence-electron chi connectivity index (χ3n) is 6.27. The van der Waals surface area contributed by atoms with Crippen molar-refractivity contribution in [2.45, 2.75) is 71.8 Å². The molecule has 0 radical (unpaired) electrons. The van der Waals surface area contributed by atoms with Gasteiger partial charge in [-0.3, -0.25) is 14.4 Å². The Bertz CT molecular complexity index is 1160. The number of nitriles is 1. The average Bonchev–Trinajstić information content (AvgIpc) is 3.36. The Morgan fingerprint density at radius 1 is 1.24 bits per heavy atom. The molecule has 1 aliphatic heterocycles. The molecule has 0 aromatic rings. The number of rotatable bonds is 13. The maximum Gasteiger partial charge on any atom is 0.363 e. The van der Waals surface area contributed by atoms with Gasteiger partial charge in [0, 0.05) is 24.8 Å². The molecule has 2 aliphatic rings. The summed E-state index contributed by atoms with van der Waals surface area (Å²) < 4.78 is 0. The summed E-state index contributed by atoms with van der Waals surface area (Å²) >= 11 is 0. The van der Waals surface area contributed by atoms with Gasteiger partial charge in [-0.1, -0.05) is 38.5 Å². The topological polar surface area (TPSA) is 166 Å². The SMILES string of the molecule is CCCC(=O)N(CC)OC(=O)C1=CC(NC(=O)C(C#N)=CC(C=CCO)CCC)CC(C(=O)ON2CCCC2=O)=C1. The van der Waals surface area contributed by atoms with Crippen molar-refractivity contribution in [3.63, 3.8) is 0 Å². The fourth-order valence-corrected chi connectivity index (χ4v) is 4.26. The lowest BCUT2D eigenvalue weighted by Crippen LogP contribution is -2.39. The van der Waals surface area contributed by atoms with Crippen molar-refractivity contribution >= 4 is 29.7 Å². The van der Waals surface area contributed by atoms with E-state index >= 15 is 0 Å². The number of amides is 3. The van der Waals surface area contributed by atoms with Gasteiger partial charge in [0.1, 0.15) is 11.6 Å². The number of hydroxylamine groups is 4. The third-order valence-corrected chi connectivity index (χ3v) is 6.27. The minimum Gasteiger partial charge on any atom is -0.392 e. The van der Waals surface area contributed by atoms with Crippen molar-refractivity contribution in [3.8, 4) is 6.07 Å². The minimum absolute atomic E-state index is 0.00962. The van der Waals surface area contributed by atoms with E-state index in [1.54, 1.807) is 13.0 Å². The first-order valence-corrected chi connectivity index (χ1v) is 13.8. The molecule has 41 heavy (non-hydrogen) atoms. The van der Waals surface area contributed by atoms with Crippen LogP contribution in [0.2, 0.25) is 0 Å². The zero-order valence-electron chi connectivity index (χ0n) is 23.8. The molecule has 1 saturated heterocycles. The number of hydrogen-bond acceptors (Lipinski definition) is 9. The highest BCUT2D eigenvalue weighted by atomic mass is 16.7. The Hall–Kier alpha value is -4.24. The van der Waals surface area contributed by atoms with E-state index in [1.807, 2.05) is 19.9 Å². The van der Waals surface area contributed by atoms with Crippen LogP contribution in [0.15, 0.2) is 47.1 Å². The van der Waals surface area contributed by atoms with Crippen LogP contribution in [0, 0.1) is 17.2 Å². The van der Waals surface area contributed by atoms with Gasteiger partial charge in [0.2, 0.25) is 0 Å². The van der Waals surface area contributed by atoms with Crippen LogP contribution in [0.3, 0.4) is 0 Å². The first kappa shape index (κ1) is 33.0. The monoisotopic (exact) mass is 570 g/mol. The molecule has 12 heteroatoms. The van der Waals surface area contributed by atoms with Gasteiger partial charge >= 0.3 is 11.9 Å². The Morgan fingerprint density at radius 3 is 2.59 bits per heavy atom. The molecule has 3 amide bonds. The van der Waals surface area contributed by atoms with E-state index in [0.717, 1.165) is 16.5 Å². The molecule has 222 valence electrons. The number of allylic oxidation sites excluding steroid dienone is 2. The summed E-state index contributed by atoms with van der Waals surface area (Å²) in [6.07, 6.45) is 10.2. The second-order valence-corrected chi connectivity index (χ2v) is 9.53. The molecule has 2 N–H and O–H groups in total. The molecule has 2 rings (SSSR count). The van der Waals surface area contributed by atoms with E-state index in [9.17, 15) is 29.2 Å². The quantitative estimate of drug-likeness (QED) is 0.146. The molecule has 0 spiro atoms. The molecule has 2 atom stereocenters.